The molecule has 1 heterocycles. The van der Waals surface area contributed by atoms with Gasteiger partial charge in [0.05, 0.1) is 10.6 Å². The van der Waals surface area contributed by atoms with Crippen LogP contribution in [0, 0.1) is 0 Å². The standard InChI is InChI=1S/C11H8F2N2O4S/c12-11(13)20(18,19)9-4-2-1-3-8(9)15-5-7(10(16)17)14-6-15/h1-6,11H,(H,16,17). The number of nitrogens with zero attached hydrogens (tertiary/aromatic N) is 2. The van der Waals surface area contributed by atoms with Gasteiger partial charge < -0.3 is 9.67 Å². The fraction of sp³-hybridized carbons (Fsp3) is 0.0909. The number of sulfone groups is 1. The molecule has 20 heavy (non-hydrogen) atoms. The molecule has 2 rings (SSSR count). The quantitative estimate of drug-likeness (QED) is 0.926. The van der Waals surface area contributed by atoms with Gasteiger partial charge >= 0.3 is 11.7 Å². The van der Waals surface area contributed by atoms with Crippen molar-refractivity contribution in [1.29, 1.82) is 0 Å². The van der Waals surface area contributed by atoms with Crippen LogP contribution in [0.2, 0.25) is 0 Å². The predicted molar refractivity (Wildman–Crippen MR) is 63.7 cm³/mol. The number of rotatable bonds is 4. The van der Waals surface area contributed by atoms with Gasteiger partial charge in [0.25, 0.3) is 0 Å². The van der Waals surface area contributed by atoms with E-state index in [0.717, 1.165) is 23.2 Å². The van der Waals surface area contributed by atoms with Crippen molar-refractivity contribution in [3.8, 4) is 5.69 Å². The zero-order chi connectivity index (χ0) is 14.9. The van der Waals surface area contributed by atoms with E-state index in [9.17, 15) is 22.0 Å². The first-order chi connectivity index (χ1) is 9.34. The van der Waals surface area contributed by atoms with Crippen LogP contribution >= 0.6 is 0 Å². The van der Waals surface area contributed by atoms with Crippen LogP contribution in [0.4, 0.5) is 8.78 Å². The highest BCUT2D eigenvalue weighted by Gasteiger charge is 2.29. The molecule has 0 bridgehead atoms. The average Bonchev–Trinajstić information content (AvgIpc) is 2.88. The summed E-state index contributed by atoms with van der Waals surface area (Å²) in [7, 11) is -4.80. The molecule has 0 saturated carbocycles. The number of aromatic carboxylic acids is 1. The van der Waals surface area contributed by atoms with Gasteiger partial charge in [0, 0.05) is 6.20 Å². The Kier molecular flexibility index (Phi) is 3.53. The summed E-state index contributed by atoms with van der Waals surface area (Å²) in [6.07, 6.45) is 2.09. The summed E-state index contributed by atoms with van der Waals surface area (Å²) in [5, 5.41) is 8.75. The molecule has 0 unspecified atom stereocenters. The maximum atomic E-state index is 12.6. The number of halogens is 2. The Labute approximate surface area is 112 Å². The molecular weight excluding hydrogens is 294 g/mol. The monoisotopic (exact) mass is 302 g/mol. The lowest BCUT2D eigenvalue weighted by Crippen LogP contribution is -2.14. The molecule has 0 amide bonds. The van der Waals surface area contributed by atoms with E-state index in [1.165, 1.54) is 18.2 Å². The second-order valence-electron chi connectivity index (χ2n) is 3.74. The van der Waals surface area contributed by atoms with Gasteiger partial charge in [0.2, 0.25) is 9.84 Å². The van der Waals surface area contributed by atoms with Gasteiger partial charge in [-0.25, -0.2) is 18.2 Å². The third-order valence-electron chi connectivity index (χ3n) is 2.49. The van der Waals surface area contributed by atoms with E-state index in [1.807, 2.05) is 0 Å². The SMILES string of the molecule is O=C(O)c1cn(-c2ccccc2S(=O)(=O)C(F)F)cn1. The normalized spacial score (nSPS) is 11.8. The second kappa shape index (κ2) is 5.00. The Balaban J connectivity index is 2.61. The molecule has 9 heteroatoms. The zero-order valence-electron chi connectivity index (χ0n) is 9.77. The first-order valence-electron chi connectivity index (χ1n) is 5.23. The lowest BCUT2D eigenvalue weighted by molar-refractivity contribution is 0.0691. The second-order valence-corrected chi connectivity index (χ2v) is 5.63. The lowest BCUT2D eigenvalue weighted by atomic mass is 10.3. The maximum Gasteiger partial charge on any atom is 0.356 e. The molecule has 0 radical (unpaired) electrons. The summed E-state index contributed by atoms with van der Waals surface area (Å²) in [5.41, 5.74) is -0.415. The molecule has 0 spiro atoms. The van der Waals surface area contributed by atoms with Crippen molar-refractivity contribution in [3.63, 3.8) is 0 Å². The summed E-state index contributed by atoms with van der Waals surface area (Å²) in [4.78, 5) is 13.7. The van der Waals surface area contributed by atoms with Crippen molar-refractivity contribution in [3.05, 3.63) is 42.5 Å². The Morgan fingerprint density at radius 1 is 1.30 bits per heavy atom. The summed E-state index contributed by atoms with van der Waals surface area (Å²) < 4.78 is 49.4. The van der Waals surface area contributed by atoms with E-state index in [-0.39, 0.29) is 11.4 Å². The molecule has 2 aromatic rings. The molecule has 0 aliphatic heterocycles. The molecule has 0 atom stereocenters. The minimum atomic E-state index is -4.80. The lowest BCUT2D eigenvalue weighted by Gasteiger charge is -2.09. The van der Waals surface area contributed by atoms with Crippen molar-refractivity contribution in [2.45, 2.75) is 10.7 Å². The minimum absolute atomic E-state index is 0.0900. The topological polar surface area (TPSA) is 89.3 Å². The number of benzene rings is 1. The van der Waals surface area contributed by atoms with Crippen molar-refractivity contribution in [1.82, 2.24) is 9.55 Å². The molecule has 6 nitrogen and oxygen atoms in total. The number of para-hydroxylation sites is 1. The zero-order valence-corrected chi connectivity index (χ0v) is 10.6. The Hall–Kier alpha value is -2.29. The summed E-state index contributed by atoms with van der Waals surface area (Å²) >= 11 is 0. The highest BCUT2D eigenvalue weighted by Crippen LogP contribution is 2.25. The number of carboxylic acid groups (broad SMARTS) is 1. The first-order valence-corrected chi connectivity index (χ1v) is 6.77. The number of carboxylic acids is 1. The number of carbonyl (C=O) groups is 1. The fourth-order valence-corrected chi connectivity index (χ4v) is 2.50. The molecule has 0 aliphatic carbocycles. The van der Waals surface area contributed by atoms with E-state index in [4.69, 9.17) is 5.11 Å². The van der Waals surface area contributed by atoms with Crippen LogP contribution < -0.4 is 0 Å². The fourth-order valence-electron chi connectivity index (χ4n) is 1.57. The van der Waals surface area contributed by atoms with Gasteiger partial charge in [-0.05, 0) is 12.1 Å². The number of aromatic nitrogens is 2. The van der Waals surface area contributed by atoms with Gasteiger partial charge in [-0.1, -0.05) is 12.1 Å². The van der Waals surface area contributed by atoms with E-state index in [2.05, 4.69) is 4.98 Å². The van der Waals surface area contributed by atoms with Crippen molar-refractivity contribution >= 4 is 15.8 Å². The molecule has 106 valence electrons. The van der Waals surface area contributed by atoms with Crippen LogP contribution in [-0.2, 0) is 9.84 Å². The predicted octanol–water partition coefficient (Wildman–Crippen LogP) is 1.57. The summed E-state index contributed by atoms with van der Waals surface area (Å²) in [6.45, 7) is 0. The van der Waals surface area contributed by atoms with Gasteiger partial charge in [-0.15, -0.1) is 0 Å². The third kappa shape index (κ3) is 2.39. The smallest absolute Gasteiger partial charge is 0.356 e. The largest absolute Gasteiger partial charge is 0.476 e. The number of hydrogen-bond acceptors (Lipinski definition) is 4. The van der Waals surface area contributed by atoms with Crippen LogP contribution in [0.5, 0.6) is 0 Å². The third-order valence-corrected chi connectivity index (χ3v) is 3.91. The first kappa shape index (κ1) is 14.1. The Bertz CT molecular complexity index is 755. The number of hydrogen-bond donors (Lipinski definition) is 1. The highest BCUT2D eigenvalue weighted by molar-refractivity contribution is 7.91. The molecule has 1 aromatic carbocycles. The molecule has 1 aromatic heterocycles. The van der Waals surface area contributed by atoms with E-state index < -0.39 is 26.5 Å². The number of imidazole rings is 1. The van der Waals surface area contributed by atoms with E-state index in [0.29, 0.717) is 0 Å². The van der Waals surface area contributed by atoms with Crippen LogP contribution in [0.15, 0.2) is 41.7 Å². The van der Waals surface area contributed by atoms with Crippen LogP contribution in [0.3, 0.4) is 0 Å². The van der Waals surface area contributed by atoms with Crippen molar-refractivity contribution in [2.75, 3.05) is 0 Å². The van der Waals surface area contributed by atoms with E-state index in [1.54, 1.807) is 0 Å². The average molecular weight is 302 g/mol. The van der Waals surface area contributed by atoms with Crippen molar-refractivity contribution in [2.24, 2.45) is 0 Å². The van der Waals surface area contributed by atoms with Crippen LogP contribution in [0.25, 0.3) is 5.69 Å². The Morgan fingerprint density at radius 3 is 2.50 bits per heavy atom. The summed E-state index contributed by atoms with van der Waals surface area (Å²) in [6, 6.07) is 5.05. The van der Waals surface area contributed by atoms with E-state index >= 15 is 0 Å². The summed E-state index contributed by atoms with van der Waals surface area (Å²) in [5.74, 6) is -4.87. The molecular formula is C11H8F2N2O4S. The van der Waals surface area contributed by atoms with Crippen molar-refractivity contribution < 1.29 is 27.1 Å². The minimum Gasteiger partial charge on any atom is -0.476 e. The highest BCUT2D eigenvalue weighted by atomic mass is 32.2. The molecule has 0 fully saturated rings. The number of alkyl halides is 2. The maximum absolute atomic E-state index is 12.6. The molecule has 0 aliphatic rings. The molecule has 1 N–H and O–H groups in total. The van der Waals surface area contributed by atoms with Crippen LogP contribution in [-0.4, -0.2) is 34.8 Å². The molecule has 0 saturated heterocycles. The Morgan fingerprint density at radius 2 is 1.95 bits per heavy atom. The van der Waals surface area contributed by atoms with Gasteiger partial charge in [-0.3, -0.25) is 0 Å². The van der Waals surface area contributed by atoms with Gasteiger partial charge in [0.1, 0.15) is 6.33 Å². The van der Waals surface area contributed by atoms with Crippen LogP contribution in [0.1, 0.15) is 10.5 Å². The van der Waals surface area contributed by atoms with Gasteiger partial charge in [0.15, 0.2) is 5.69 Å². The van der Waals surface area contributed by atoms with Gasteiger partial charge in [-0.2, -0.15) is 8.78 Å².